The van der Waals surface area contributed by atoms with Crippen LogP contribution in [0, 0.1) is 30.5 Å². The number of benzene rings is 1. The predicted octanol–water partition coefficient (Wildman–Crippen LogP) is 4.88. The number of aromatic nitrogens is 3. The van der Waals surface area contributed by atoms with E-state index in [0.29, 0.717) is 22.0 Å². The molecule has 0 unspecified atom stereocenters. The molecule has 5 nitrogen and oxygen atoms in total. The number of halogens is 6. The van der Waals surface area contributed by atoms with Gasteiger partial charge < -0.3 is 0 Å². The van der Waals surface area contributed by atoms with Crippen LogP contribution in [-0.2, 0) is 0 Å². The van der Waals surface area contributed by atoms with Gasteiger partial charge in [-0.1, -0.05) is 35.3 Å². The van der Waals surface area contributed by atoms with Crippen LogP contribution in [-0.4, -0.2) is 21.0 Å². The van der Waals surface area contributed by atoms with Crippen LogP contribution >= 0.6 is 23.2 Å². The topological polar surface area (TPSA) is 55.1 Å². The third-order valence-electron chi connectivity index (χ3n) is 3.50. The molecule has 0 aliphatic rings. The molecule has 0 bridgehead atoms. The predicted molar refractivity (Wildman–Crippen MR) is 93.6 cm³/mol. The van der Waals surface area contributed by atoms with Crippen molar-refractivity contribution in [1.82, 2.24) is 14.8 Å². The van der Waals surface area contributed by atoms with E-state index in [-0.39, 0.29) is 5.15 Å². The lowest BCUT2D eigenvalue weighted by molar-refractivity contribution is 0.411. The number of pyridine rings is 1. The highest BCUT2D eigenvalue weighted by Gasteiger charge is 2.20. The molecule has 0 spiro atoms. The van der Waals surface area contributed by atoms with E-state index in [1.165, 1.54) is 4.68 Å². The quantitative estimate of drug-likeness (QED) is 0.284. The Hall–Kier alpha value is -2.65. The Bertz CT molecular complexity index is 1030. The van der Waals surface area contributed by atoms with E-state index < -0.39 is 29.2 Å². The summed E-state index contributed by atoms with van der Waals surface area (Å²) in [5, 5.41) is 8.34. The maximum Gasteiger partial charge on any atom is 0.254 e. The fraction of sp³-hybridized carbons (Fsp3) is 0.0625. The SMILES string of the molecule is Cc1nn(-c2ccccc2Cl)c(Cl)c1/C=N/Nc1c(F)c(F)nc(F)c1F. The van der Waals surface area contributed by atoms with Crippen molar-refractivity contribution in [3.63, 3.8) is 0 Å². The first-order valence-corrected chi connectivity index (χ1v) is 8.06. The molecule has 3 aromatic rings. The molecule has 0 fully saturated rings. The molecule has 0 amide bonds. The van der Waals surface area contributed by atoms with E-state index in [2.05, 4.69) is 15.2 Å². The molecule has 1 N–H and O–H groups in total. The Morgan fingerprint density at radius 1 is 1.07 bits per heavy atom. The van der Waals surface area contributed by atoms with Crippen molar-refractivity contribution in [2.24, 2.45) is 5.10 Å². The lowest BCUT2D eigenvalue weighted by Crippen LogP contribution is -2.06. The second-order valence-corrected chi connectivity index (χ2v) is 5.98. The van der Waals surface area contributed by atoms with Crippen molar-refractivity contribution in [1.29, 1.82) is 0 Å². The Kier molecular flexibility index (Phi) is 5.33. The lowest BCUT2D eigenvalue weighted by atomic mass is 10.3. The average molecular weight is 418 g/mol. The second kappa shape index (κ2) is 7.53. The molecule has 0 radical (unpaired) electrons. The molecule has 27 heavy (non-hydrogen) atoms. The van der Waals surface area contributed by atoms with Gasteiger partial charge in [-0.3, -0.25) is 5.43 Å². The van der Waals surface area contributed by atoms with Crippen LogP contribution in [0.5, 0.6) is 0 Å². The molecule has 0 saturated heterocycles. The number of nitrogens with one attached hydrogen (secondary N) is 1. The first-order valence-electron chi connectivity index (χ1n) is 7.30. The third kappa shape index (κ3) is 3.60. The molecule has 0 aliphatic carbocycles. The maximum absolute atomic E-state index is 13.6. The second-order valence-electron chi connectivity index (χ2n) is 5.22. The van der Waals surface area contributed by atoms with Gasteiger partial charge in [0.05, 0.1) is 28.2 Å². The summed E-state index contributed by atoms with van der Waals surface area (Å²) in [6.07, 6.45) is 1.10. The molecule has 0 aliphatic heterocycles. The maximum atomic E-state index is 13.6. The minimum Gasteiger partial charge on any atom is -0.272 e. The summed E-state index contributed by atoms with van der Waals surface area (Å²) in [5.74, 6) is -7.01. The Labute approximate surface area is 160 Å². The Morgan fingerprint density at radius 3 is 2.33 bits per heavy atom. The van der Waals surface area contributed by atoms with E-state index in [1.807, 2.05) is 5.43 Å². The highest BCUT2D eigenvalue weighted by atomic mass is 35.5. The van der Waals surface area contributed by atoms with Crippen LogP contribution in [0.3, 0.4) is 0 Å². The normalized spacial score (nSPS) is 11.4. The number of hydrazone groups is 1. The van der Waals surface area contributed by atoms with Crippen LogP contribution in [0.1, 0.15) is 11.3 Å². The number of aryl methyl sites for hydroxylation is 1. The first-order chi connectivity index (χ1) is 12.8. The van der Waals surface area contributed by atoms with Gasteiger partial charge in [0, 0.05) is 0 Å². The molecule has 1 aromatic carbocycles. The summed E-state index contributed by atoms with van der Waals surface area (Å²) in [6, 6.07) is 6.81. The van der Waals surface area contributed by atoms with Crippen molar-refractivity contribution in [2.45, 2.75) is 6.92 Å². The van der Waals surface area contributed by atoms with Gasteiger partial charge in [-0.25, -0.2) is 4.68 Å². The number of anilines is 1. The summed E-state index contributed by atoms with van der Waals surface area (Å²) in [7, 11) is 0. The highest BCUT2D eigenvalue weighted by Crippen LogP contribution is 2.27. The molecule has 3 rings (SSSR count). The van der Waals surface area contributed by atoms with Gasteiger partial charge in [0.15, 0.2) is 0 Å². The zero-order valence-electron chi connectivity index (χ0n) is 13.4. The molecule has 2 aromatic heterocycles. The molecule has 0 saturated carbocycles. The number of rotatable bonds is 4. The minimum atomic E-state index is -1.80. The average Bonchev–Trinajstić information content (AvgIpc) is 2.91. The van der Waals surface area contributed by atoms with Gasteiger partial charge >= 0.3 is 0 Å². The summed E-state index contributed by atoms with van der Waals surface area (Å²) >= 11 is 12.4. The minimum absolute atomic E-state index is 0.124. The molecule has 0 atom stereocenters. The molecule has 2 heterocycles. The van der Waals surface area contributed by atoms with Gasteiger partial charge in [-0.15, -0.1) is 0 Å². The van der Waals surface area contributed by atoms with Crippen molar-refractivity contribution in [2.75, 3.05) is 5.43 Å². The monoisotopic (exact) mass is 417 g/mol. The number of hydrogen-bond acceptors (Lipinski definition) is 4. The summed E-state index contributed by atoms with van der Waals surface area (Å²) in [6.45, 7) is 1.62. The zero-order valence-corrected chi connectivity index (χ0v) is 15.0. The summed E-state index contributed by atoms with van der Waals surface area (Å²) in [4.78, 5) is 2.45. The van der Waals surface area contributed by atoms with Crippen LogP contribution in [0.4, 0.5) is 23.2 Å². The number of hydrogen-bond donors (Lipinski definition) is 1. The van der Waals surface area contributed by atoms with Crippen molar-refractivity contribution >= 4 is 35.1 Å². The molecule has 11 heteroatoms. The van der Waals surface area contributed by atoms with Gasteiger partial charge in [-0.2, -0.15) is 32.7 Å². The highest BCUT2D eigenvalue weighted by molar-refractivity contribution is 6.34. The number of nitrogens with zero attached hydrogens (tertiary/aromatic N) is 4. The smallest absolute Gasteiger partial charge is 0.254 e. The first kappa shape index (κ1) is 19.1. The van der Waals surface area contributed by atoms with Crippen LogP contribution in [0.25, 0.3) is 5.69 Å². The number of para-hydroxylation sites is 1. The van der Waals surface area contributed by atoms with E-state index in [0.717, 1.165) is 6.21 Å². The fourth-order valence-electron chi connectivity index (χ4n) is 2.19. The third-order valence-corrected chi connectivity index (χ3v) is 4.18. The molecule has 140 valence electrons. The summed E-state index contributed by atoms with van der Waals surface area (Å²) < 4.78 is 54.7. The Morgan fingerprint density at radius 2 is 1.70 bits per heavy atom. The van der Waals surface area contributed by atoms with Crippen molar-refractivity contribution in [3.05, 3.63) is 69.2 Å². The van der Waals surface area contributed by atoms with Gasteiger partial charge in [-0.05, 0) is 19.1 Å². The van der Waals surface area contributed by atoms with Gasteiger partial charge in [0.2, 0.25) is 11.6 Å². The fourth-order valence-corrected chi connectivity index (χ4v) is 2.72. The molecular formula is C16H9Cl2F4N5. The van der Waals surface area contributed by atoms with E-state index in [9.17, 15) is 17.6 Å². The van der Waals surface area contributed by atoms with Crippen molar-refractivity contribution in [3.8, 4) is 5.69 Å². The summed E-state index contributed by atoms with van der Waals surface area (Å²) in [5.41, 5.74) is 2.03. The molecular weight excluding hydrogens is 409 g/mol. The van der Waals surface area contributed by atoms with Crippen LogP contribution in [0.15, 0.2) is 29.4 Å². The van der Waals surface area contributed by atoms with Gasteiger partial charge in [0.25, 0.3) is 11.9 Å². The standard InChI is InChI=1S/C16H9Cl2F4N5/c1-7-8(14(18)27(26-7)10-5-3-2-4-9(10)17)6-23-25-13-11(19)15(21)24-16(22)12(13)20/h2-6H,1H3,(H,24,25)/b23-6+. The largest absolute Gasteiger partial charge is 0.272 e. The zero-order chi connectivity index (χ0) is 19.7. The van der Waals surface area contributed by atoms with E-state index in [1.54, 1.807) is 31.2 Å². The Balaban J connectivity index is 1.93. The van der Waals surface area contributed by atoms with E-state index >= 15 is 0 Å². The van der Waals surface area contributed by atoms with Crippen LogP contribution < -0.4 is 5.43 Å². The lowest BCUT2D eigenvalue weighted by Gasteiger charge is -2.05. The van der Waals surface area contributed by atoms with Gasteiger partial charge in [0.1, 0.15) is 10.8 Å². The van der Waals surface area contributed by atoms with Crippen LogP contribution in [0.2, 0.25) is 10.2 Å². The van der Waals surface area contributed by atoms with Crippen molar-refractivity contribution < 1.29 is 17.6 Å². The van der Waals surface area contributed by atoms with E-state index in [4.69, 9.17) is 23.2 Å².